The molecule has 0 aliphatic heterocycles. The molecule has 0 unspecified atom stereocenters. The minimum absolute atomic E-state index is 0.0322. The number of aromatic nitrogens is 2. The normalized spacial score (nSPS) is 10.8. The van der Waals surface area contributed by atoms with Gasteiger partial charge in [-0.1, -0.05) is 30.3 Å². The fourth-order valence-corrected chi connectivity index (χ4v) is 3.16. The van der Waals surface area contributed by atoms with E-state index in [-0.39, 0.29) is 12.0 Å². The third-order valence-corrected chi connectivity index (χ3v) is 4.28. The molecule has 0 spiro atoms. The first-order valence-corrected chi connectivity index (χ1v) is 7.73. The first kappa shape index (κ1) is 14.5. The zero-order valence-electron chi connectivity index (χ0n) is 12.0. The van der Waals surface area contributed by atoms with Crippen molar-refractivity contribution in [3.63, 3.8) is 0 Å². The van der Waals surface area contributed by atoms with E-state index >= 15 is 0 Å². The number of aromatic amines is 1. The van der Waals surface area contributed by atoms with Crippen molar-refractivity contribution in [2.24, 2.45) is 0 Å². The summed E-state index contributed by atoms with van der Waals surface area (Å²) in [7, 11) is 0. The molecule has 3 rings (SSSR count). The summed E-state index contributed by atoms with van der Waals surface area (Å²) in [6.07, 6.45) is -0.0322. The molecule has 112 valence electrons. The maximum absolute atomic E-state index is 12.1. The molecule has 0 aliphatic rings. The van der Waals surface area contributed by atoms with Crippen LogP contribution in [0.1, 0.15) is 12.7 Å². The zero-order valence-corrected chi connectivity index (χ0v) is 12.8. The molecular weight excluding hydrogens is 300 g/mol. The molecule has 0 saturated heterocycles. The fourth-order valence-electron chi connectivity index (χ4n) is 2.17. The van der Waals surface area contributed by atoms with Crippen molar-refractivity contribution >= 4 is 27.5 Å². The zero-order chi connectivity index (χ0) is 15.5. The van der Waals surface area contributed by atoms with Gasteiger partial charge in [0.1, 0.15) is 16.9 Å². The molecule has 0 amide bonds. The van der Waals surface area contributed by atoms with Crippen LogP contribution in [0.15, 0.2) is 41.2 Å². The molecular formula is C16H14N2O3S. The van der Waals surface area contributed by atoms with Crippen molar-refractivity contribution in [3.05, 3.63) is 52.6 Å². The van der Waals surface area contributed by atoms with Crippen LogP contribution in [-0.2, 0) is 16.0 Å². The quantitative estimate of drug-likeness (QED) is 0.752. The summed E-state index contributed by atoms with van der Waals surface area (Å²) in [6.45, 7) is 2.05. The molecule has 6 heteroatoms. The molecule has 3 aromatic rings. The van der Waals surface area contributed by atoms with Gasteiger partial charge in [-0.25, -0.2) is 4.98 Å². The lowest BCUT2D eigenvalue weighted by Crippen LogP contribution is -2.15. The molecule has 0 saturated carbocycles. The van der Waals surface area contributed by atoms with Crippen LogP contribution in [0.3, 0.4) is 0 Å². The van der Waals surface area contributed by atoms with Gasteiger partial charge in [0.2, 0.25) is 0 Å². The number of fused-ring (bicyclic) bond motifs is 1. The van der Waals surface area contributed by atoms with Crippen molar-refractivity contribution in [1.82, 2.24) is 9.97 Å². The largest absolute Gasteiger partial charge is 0.466 e. The highest BCUT2D eigenvalue weighted by atomic mass is 32.1. The van der Waals surface area contributed by atoms with Crippen LogP contribution in [0.5, 0.6) is 0 Å². The molecule has 0 fully saturated rings. The lowest BCUT2D eigenvalue weighted by atomic mass is 10.2. The third-order valence-electron chi connectivity index (χ3n) is 3.11. The van der Waals surface area contributed by atoms with E-state index in [0.29, 0.717) is 22.6 Å². The van der Waals surface area contributed by atoms with Crippen LogP contribution in [0.4, 0.5) is 0 Å². The molecule has 2 heterocycles. The number of rotatable bonds is 4. The van der Waals surface area contributed by atoms with Gasteiger partial charge < -0.3 is 9.72 Å². The highest BCUT2D eigenvalue weighted by Gasteiger charge is 2.12. The number of hydrogen-bond acceptors (Lipinski definition) is 5. The molecule has 1 aromatic carbocycles. The Bertz CT molecular complexity index is 868. The van der Waals surface area contributed by atoms with Crippen molar-refractivity contribution in [2.45, 2.75) is 13.3 Å². The highest BCUT2D eigenvalue weighted by Crippen LogP contribution is 2.30. The summed E-state index contributed by atoms with van der Waals surface area (Å²) in [5.41, 5.74) is 1.42. The number of ether oxygens (including phenoxy) is 1. The minimum atomic E-state index is -0.400. The van der Waals surface area contributed by atoms with Gasteiger partial charge in [0, 0.05) is 4.88 Å². The van der Waals surface area contributed by atoms with E-state index in [2.05, 4.69) is 9.97 Å². The summed E-state index contributed by atoms with van der Waals surface area (Å²) >= 11 is 1.39. The number of thiophene rings is 1. The predicted octanol–water partition coefficient (Wildman–Crippen LogP) is 2.76. The Morgan fingerprint density at radius 3 is 2.82 bits per heavy atom. The van der Waals surface area contributed by atoms with Crippen molar-refractivity contribution in [1.29, 1.82) is 0 Å². The van der Waals surface area contributed by atoms with Gasteiger partial charge in [-0.05, 0) is 18.6 Å². The van der Waals surface area contributed by atoms with Gasteiger partial charge in [-0.15, -0.1) is 11.3 Å². The average Bonchev–Trinajstić information content (AvgIpc) is 2.93. The third kappa shape index (κ3) is 2.92. The second-order valence-corrected chi connectivity index (χ2v) is 5.74. The van der Waals surface area contributed by atoms with E-state index in [0.717, 1.165) is 10.4 Å². The van der Waals surface area contributed by atoms with E-state index in [1.807, 2.05) is 36.4 Å². The van der Waals surface area contributed by atoms with Crippen LogP contribution in [-0.4, -0.2) is 22.5 Å². The predicted molar refractivity (Wildman–Crippen MR) is 86.0 cm³/mol. The topological polar surface area (TPSA) is 72.0 Å². The number of nitrogens with one attached hydrogen (secondary N) is 1. The molecule has 0 atom stereocenters. The van der Waals surface area contributed by atoms with E-state index in [9.17, 15) is 9.59 Å². The van der Waals surface area contributed by atoms with Crippen molar-refractivity contribution in [3.8, 4) is 10.4 Å². The van der Waals surface area contributed by atoms with E-state index in [1.54, 1.807) is 6.92 Å². The summed E-state index contributed by atoms with van der Waals surface area (Å²) < 4.78 is 5.44. The molecule has 0 bridgehead atoms. The summed E-state index contributed by atoms with van der Waals surface area (Å²) in [5, 5.41) is 0. The van der Waals surface area contributed by atoms with Gasteiger partial charge in [0.25, 0.3) is 5.56 Å². The molecule has 1 N–H and O–H groups in total. The Labute approximate surface area is 130 Å². The number of benzene rings is 1. The van der Waals surface area contributed by atoms with Crippen LogP contribution in [0.25, 0.3) is 20.7 Å². The Hall–Kier alpha value is -2.47. The van der Waals surface area contributed by atoms with Crippen molar-refractivity contribution in [2.75, 3.05) is 6.61 Å². The van der Waals surface area contributed by atoms with Crippen LogP contribution < -0.4 is 5.56 Å². The number of carbonyl (C=O) groups is 1. The molecule has 5 nitrogen and oxygen atoms in total. The number of carbonyl (C=O) groups excluding carboxylic acids is 1. The molecule has 22 heavy (non-hydrogen) atoms. The number of nitrogens with zero attached hydrogens (tertiary/aromatic N) is 1. The van der Waals surface area contributed by atoms with E-state index < -0.39 is 5.97 Å². The lowest BCUT2D eigenvalue weighted by Gasteiger charge is -2.01. The van der Waals surface area contributed by atoms with Crippen LogP contribution in [0.2, 0.25) is 0 Å². The van der Waals surface area contributed by atoms with Crippen LogP contribution >= 0.6 is 11.3 Å². The van der Waals surface area contributed by atoms with E-state index in [4.69, 9.17) is 4.74 Å². The average molecular weight is 314 g/mol. The number of H-pyrrole nitrogens is 1. The highest BCUT2D eigenvalue weighted by molar-refractivity contribution is 7.22. The number of hydrogen-bond donors (Lipinski definition) is 1. The van der Waals surface area contributed by atoms with Crippen molar-refractivity contribution < 1.29 is 9.53 Å². The Balaban J connectivity index is 2.00. The van der Waals surface area contributed by atoms with Gasteiger partial charge in [0.15, 0.2) is 0 Å². The summed E-state index contributed by atoms with van der Waals surface area (Å²) in [5.74, 6) is -0.0723. The van der Waals surface area contributed by atoms with Gasteiger partial charge in [-0.2, -0.15) is 0 Å². The summed E-state index contributed by atoms with van der Waals surface area (Å²) in [4.78, 5) is 31.6. The lowest BCUT2D eigenvalue weighted by molar-refractivity contribution is -0.142. The number of esters is 1. The Kier molecular flexibility index (Phi) is 4.02. The van der Waals surface area contributed by atoms with Gasteiger partial charge in [-0.3, -0.25) is 9.59 Å². The molecule has 0 aliphatic carbocycles. The summed E-state index contributed by atoms with van der Waals surface area (Å²) in [6, 6.07) is 11.7. The van der Waals surface area contributed by atoms with Crippen LogP contribution in [0, 0.1) is 0 Å². The van der Waals surface area contributed by atoms with E-state index in [1.165, 1.54) is 11.3 Å². The monoisotopic (exact) mass is 314 g/mol. The second-order valence-electron chi connectivity index (χ2n) is 4.69. The van der Waals surface area contributed by atoms with Gasteiger partial charge >= 0.3 is 5.97 Å². The maximum Gasteiger partial charge on any atom is 0.313 e. The fraction of sp³-hybridized carbons (Fsp3) is 0.188. The maximum atomic E-state index is 12.1. The standard InChI is InChI=1S/C16H14N2O3S/c1-2-21-14(19)9-13-17-11-8-12(10-6-4-3-5-7-10)22-15(11)16(20)18-13/h3-8H,2,9H2,1H3,(H,17,18,20). The smallest absolute Gasteiger partial charge is 0.313 e. The SMILES string of the molecule is CCOC(=O)Cc1nc2cc(-c3ccccc3)sc2c(=O)[nH]1. The molecule has 0 radical (unpaired) electrons. The van der Waals surface area contributed by atoms with Gasteiger partial charge in [0.05, 0.1) is 12.1 Å². The Morgan fingerprint density at radius 1 is 1.32 bits per heavy atom. The Morgan fingerprint density at radius 2 is 2.09 bits per heavy atom. The second kappa shape index (κ2) is 6.11. The molecule has 2 aromatic heterocycles. The first-order chi connectivity index (χ1) is 10.7. The first-order valence-electron chi connectivity index (χ1n) is 6.91. The minimum Gasteiger partial charge on any atom is -0.466 e.